The highest BCUT2D eigenvalue weighted by atomic mass is 32.1. The molecule has 112 valence electrons. The van der Waals surface area contributed by atoms with Gasteiger partial charge in [-0.05, 0) is 36.1 Å². The van der Waals surface area contributed by atoms with Crippen molar-refractivity contribution in [2.75, 3.05) is 5.32 Å². The number of aryl methyl sites for hydroxylation is 2. The van der Waals surface area contributed by atoms with E-state index < -0.39 is 0 Å². The first-order chi connectivity index (χ1) is 10.7. The number of nitrogens with one attached hydrogen (secondary N) is 1. The summed E-state index contributed by atoms with van der Waals surface area (Å²) in [6.45, 7) is 1.95. The van der Waals surface area contributed by atoms with Crippen LogP contribution in [0.4, 0.5) is 5.82 Å². The Morgan fingerprint density at radius 2 is 2.32 bits per heavy atom. The Morgan fingerprint density at radius 3 is 3.09 bits per heavy atom. The molecule has 1 amide bonds. The maximum absolute atomic E-state index is 11.9. The largest absolute Gasteiger partial charge is 0.339 e. The van der Waals surface area contributed by atoms with Crippen LogP contribution >= 0.6 is 11.3 Å². The van der Waals surface area contributed by atoms with Crippen molar-refractivity contribution in [3.05, 3.63) is 47.3 Å². The van der Waals surface area contributed by atoms with Crippen LogP contribution in [0.3, 0.4) is 0 Å². The van der Waals surface area contributed by atoms with Gasteiger partial charge in [-0.3, -0.25) is 4.79 Å². The molecule has 0 aliphatic rings. The van der Waals surface area contributed by atoms with Gasteiger partial charge in [-0.1, -0.05) is 11.2 Å². The molecule has 0 saturated carbocycles. The van der Waals surface area contributed by atoms with Crippen molar-refractivity contribution in [1.29, 1.82) is 0 Å². The maximum Gasteiger partial charge on any atom is 0.227 e. The lowest BCUT2D eigenvalue weighted by molar-refractivity contribution is -0.116. The van der Waals surface area contributed by atoms with E-state index in [1.54, 1.807) is 17.5 Å². The third-order valence-corrected chi connectivity index (χ3v) is 3.82. The molecular formula is C15H14N4O2S. The lowest BCUT2D eigenvalue weighted by Gasteiger charge is -2.03. The van der Waals surface area contributed by atoms with Gasteiger partial charge < -0.3 is 9.84 Å². The number of carbonyl (C=O) groups excluding carboxylic acids is 1. The van der Waals surface area contributed by atoms with Crippen LogP contribution in [0.25, 0.3) is 10.7 Å². The highest BCUT2D eigenvalue weighted by Gasteiger charge is 2.11. The SMILES string of the molecule is Cc1ccnc(NC(=O)CCc2nc(-c3cccs3)no2)c1. The molecule has 0 saturated heterocycles. The summed E-state index contributed by atoms with van der Waals surface area (Å²) >= 11 is 1.54. The standard InChI is InChI=1S/C15H14N4O2S/c1-10-6-7-16-12(9-10)17-13(20)4-5-14-18-15(19-21-14)11-3-2-8-22-11/h2-3,6-9H,4-5H2,1H3,(H,16,17,20). The molecule has 0 fully saturated rings. The van der Waals surface area contributed by atoms with Gasteiger partial charge in [-0.15, -0.1) is 11.3 Å². The van der Waals surface area contributed by atoms with Crippen molar-refractivity contribution in [1.82, 2.24) is 15.1 Å². The number of thiophene rings is 1. The van der Waals surface area contributed by atoms with Gasteiger partial charge in [0.15, 0.2) is 0 Å². The number of aromatic nitrogens is 3. The van der Waals surface area contributed by atoms with Crippen LogP contribution in [0.5, 0.6) is 0 Å². The van der Waals surface area contributed by atoms with Crippen LogP contribution in [-0.4, -0.2) is 21.0 Å². The quantitative estimate of drug-likeness (QED) is 0.782. The highest BCUT2D eigenvalue weighted by Crippen LogP contribution is 2.21. The number of nitrogens with zero attached hydrogens (tertiary/aromatic N) is 3. The fourth-order valence-corrected chi connectivity index (χ4v) is 2.54. The molecule has 0 spiro atoms. The summed E-state index contributed by atoms with van der Waals surface area (Å²) < 4.78 is 5.16. The van der Waals surface area contributed by atoms with Crippen molar-refractivity contribution in [3.8, 4) is 10.7 Å². The van der Waals surface area contributed by atoms with Gasteiger partial charge in [0.05, 0.1) is 4.88 Å². The van der Waals surface area contributed by atoms with Gasteiger partial charge in [0.1, 0.15) is 5.82 Å². The summed E-state index contributed by atoms with van der Waals surface area (Å²) in [7, 11) is 0. The van der Waals surface area contributed by atoms with Gasteiger partial charge in [0.2, 0.25) is 17.6 Å². The van der Waals surface area contributed by atoms with Gasteiger partial charge in [-0.2, -0.15) is 4.98 Å². The molecule has 0 radical (unpaired) electrons. The predicted octanol–water partition coefficient (Wildman–Crippen LogP) is 3.07. The molecule has 3 aromatic heterocycles. The lowest BCUT2D eigenvalue weighted by atomic mass is 10.2. The summed E-state index contributed by atoms with van der Waals surface area (Å²) in [5, 5.41) is 8.61. The van der Waals surface area contributed by atoms with E-state index in [1.165, 1.54) is 0 Å². The second kappa shape index (κ2) is 6.48. The smallest absolute Gasteiger partial charge is 0.227 e. The van der Waals surface area contributed by atoms with E-state index in [0.717, 1.165) is 10.4 Å². The third-order valence-electron chi connectivity index (χ3n) is 2.96. The second-order valence-corrected chi connectivity index (χ2v) is 5.70. The van der Waals surface area contributed by atoms with Crippen LogP contribution in [0.2, 0.25) is 0 Å². The summed E-state index contributed by atoms with van der Waals surface area (Å²) in [5.74, 6) is 1.44. The Bertz CT molecular complexity index is 767. The van der Waals surface area contributed by atoms with E-state index in [1.807, 2.05) is 36.6 Å². The normalized spacial score (nSPS) is 10.6. The average molecular weight is 314 g/mol. The molecule has 3 rings (SSSR count). The van der Waals surface area contributed by atoms with Crippen LogP contribution < -0.4 is 5.32 Å². The van der Waals surface area contributed by atoms with Crippen molar-refractivity contribution in [3.63, 3.8) is 0 Å². The molecule has 0 aliphatic heterocycles. The van der Waals surface area contributed by atoms with E-state index in [-0.39, 0.29) is 12.3 Å². The number of carbonyl (C=O) groups is 1. The lowest BCUT2D eigenvalue weighted by Crippen LogP contribution is -2.13. The first-order valence-corrected chi connectivity index (χ1v) is 7.67. The molecule has 0 atom stereocenters. The highest BCUT2D eigenvalue weighted by molar-refractivity contribution is 7.13. The van der Waals surface area contributed by atoms with Gasteiger partial charge in [0.25, 0.3) is 0 Å². The zero-order chi connectivity index (χ0) is 15.4. The summed E-state index contributed by atoms with van der Waals surface area (Å²) in [6.07, 6.45) is 2.33. The van der Waals surface area contributed by atoms with Crippen LogP contribution in [0.1, 0.15) is 17.9 Å². The predicted molar refractivity (Wildman–Crippen MR) is 83.5 cm³/mol. The molecule has 7 heteroatoms. The van der Waals surface area contributed by atoms with Gasteiger partial charge in [0, 0.05) is 19.0 Å². The van der Waals surface area contributed by atoms with Gasteiger partial charge in [-0.25, -0.2) is 4.98 Å². The summed E-state index contributed by atoms with van der Waals surface area (Å²) in [4.78, 5) is 21.2. The number of hydrogen-bond donors (Lipinski definition) is 1. The molecule has 1 N–H and O–H groups in total. The molecule has 0 bridgehead atoms. The van der Waals surface area contributed by atoms with Crippen LogP contribution in [0.15, 0.2) is 40.4 Å². The van der Waals surface area contributed by atoms with Gasteiger partial charge >= 0.3 is 0 Å². The fraction of sp³-hybridized carbons (Fsp3) is 0.200. The topological polar surface area (TPSA) is 80.9 Å². The number of hydrogen-bond acceptors (Lipinski definition) is 6. The molecule has 0 aliphatic carbocycles. The number of rotatable bonds is 5. The summed E-state index contributed by atoms with van der Waals surface area (Å²) in [5.41, 5.74) is 1.04. The van der Waals surface area contributed by atoms with Crippen molar-refractivity contribution < 1.29 is 9.32 Å². The number of amides is 1. The van der Waals surface area contributed by atoms with Crippen molar-refractivity contribution >= 4 is 23.1 Å². The molecule has 6 nitrogen and oxygen atoms in total. The van der Waals surface area contributed by atoms with E-state index in [4.69, 9.17) is 4.52 Å². The Balaban J connectivity index is 1.55. The second-order valence-electron chi connectivity index (χ2n) is 4.76. The minimum Gasteiger partial charge on any atom is -0.339 e. The first-order valence-electron chi connectivity index (χ1n) is 6.80. The maximum atomic E-state index is 11.9. The van der Waals surface area contributed by atoms with E-state index in [2.05, 4.69) is 20.4 Å². The molecule has 3 aromatic rings. The fourth-order valence-electron chi connectivity index (χ4n) is 1.89. The molecule has 22 heavy (non-hydrogen) atoms. The zero-order valence-corrected chi connectivity index (χ0v) is 12.8. The molecule has 0 aromatic carbocycles. The molecule has 0 unspecified atom stereocenters. The van der Waals surface area contributed by atoms with Crippen LogP contribution in [0, 0.1) is 6.92 Å². The zero-order valence-electron chi connectivity index (χ0n) is 11.9. The Hall–Kier alpha value is -2.54. The van der Waals surface area contributed by atoms with Crippen molar-refractivity contribution in [2.45, 2.75) is 19.8 Å². The van der Waals surface area contributed by atoms with Crippen molar-refractivity contribution in [2.24, 2.45) is 0 Å². The Kier molecular flexibility index (Phi) is 4.24. The summed E-state index contributed by atoms with van der Waals surface area (Å²) in [6, 6.07) is 7.55. The Labute approximate surface area is 131 Å². The molecule has 3 heterocycles. The van der Waals surface area contributed by atoms with E-state index in [9.17, 15) is 4.79 Å². The van der Waals surface area contributed by atoms with E-state index >= 15 is 0 Å². The minimum atomic E-state index is -0.131. The third kappa shape index (κ3) is 3.56. The minimum absolute atomic E-state index is 0.131. The average Bonchev–Trinajstić information content (AvgIpc) is 3.16. The Morgan fingerprint density at radius 1 is 1.41 bits per heavy atom. The van der Waals surface area contributed by atoms with Crippen LogP contribution in [-0.2, 0) is 11.2 Å². The monoisotopic (exact) mass is 314 g/mol. The van der Waals surface area contributed by atoms with E-state index in [0.29, 0.717) is 24.0 Å². The number of pyridine rings is 1. The number of anilines is 1. The molecular weight excluding hydrogens is 300 g/mol. The first kappa shape index (κ1) is 14.4.